The summed E-state index contributed by atoms with van der Waals surface area (Å²) < 4.78 is 0. The highest BCUT2D eigenvalue weighted by Gasteiger charge is 2.38. The van der Waals surface area contributed by atoms with Gasteiger partial charge in [-0.3, -0.25) is 4.79 Å². The number of hydrogen-bond acceptors (Lipinski definition) is 3. The van der Waals surface area contributed by atoms with E-state index in [4.69, 9.17) is 0 Å². The number of thioether (sulfide) groups is 1. The molecule has 1 N–H and O–H groups in total. The van der Waals surface area contributed by atoms with Crippen molar-refractivity contribution < 1.29 is 9.90 Å². The monoisotopic (exact) mass is 189 g/mol. The van der Waals surface area contributed by atoms with E-state index in [1.54, 1.807) is 23.6 Å². The summed E-state index contributed by atoms with van der Waals surface area (Å²) in [6.07, 6.45) is 2.58. The van der Waals surface area contributed by atoms with Gasteiger partial charge in [-0.2, -0.15) is 11.8 Å². The molecule has 0 unspecified atom stereocenters. The van der Waals surface area contributed by atoms with E-state index in [-0.39, 0.29) is 5.91 Å². The number of likely N-dealkylation sites (tertiary alicyclic amines) is 1. The molecular weight excluding hydrogens is 174 g/mol. The zero-order valence-corrected chi connectivity index (χ0v) is 8.36. The van der Waals surface area contributed by atoms with E-state index in [2.05, 4.69) is 0 Å². The number of carbonyl (C=O) groups is 1. The number of carbonyl (C=O) groups excluding carboxylic acids is 1. The highest BCUT2D eigenvalue weighted by Crippen LogP contribution is 2.20. The molecule has 1 fully saturated rings. The molecular formula is C8H15NO2S. The van der Waals surface area contributed by atoms with Gasteiger partial charge in [-0.05, 0) is 13.2 Å². The summed E-state index contributed by atoms with van der Waals surface area (Å²) in [4.78, 5) is 13.0. The van der Waals surface area contributed by atoms with Crippen molar-refractivity contribution in [3.8, 4) is 0 Å². The molecule has 0 aromatic heterocycles. The quantitative estimate of drug-likeness (QED) is 0.695. The van der Waals surface area contributed by atoms with Crippen LogP contribution in [0.4, 0.5) is 0 Å². The Morgan fingerprint density at radius 2 is 2.25 bits per heavy atom. The van der Waals surface area contributed by atoms with Gasteiger partial charge in [0.1, 0.15) is 0 Å². The van der Waals surface area contributed by atoms with Crippen molar-refractivity contribution in [3.63, 3.8) is 0 Å². The molecule has 0 aliphatic carbocycles. The second-order valence-electron chi connectivity index (χ2n) is 3.49. The summed E-state index contributed by atoms with van der Waals surface area (Å²) in [5, 5.41) is 9.36. The fourth-order valence-corrected chi connectivity index (χ4v) is 1.68. The van der Waals surface area contributed by atoms with Gasteiger partial charge < -0.3 is 10.0 Å². The second kappa shape index (κ2) is 3.66. The summed E-state index contributed by atoms with van der Waals surface area (Å²) >= 11 is 1.67. The van der Waals surface area contributed by atoms with E-state index in [1.165, 1.54) is 0 Å². The SMILES string of the molecule is CSCCC(=O)N1CC(C)(O)C1. The molecule has 0 spiro atoms. The average Bonchev–Trinajstić information content (AvgIpc) is 1.95. The number of aliphatic hydroxyl groups is 1. The van der Waals surface area contributed by atoms with Crippen LogP contribution in [0.1, 0.15) is 13.3 Å². The molecule has 0 aromatic rings. The second-order valence-corrected chi connectivity index (χ2v) is 4.48. The van der Waals surface area contributed by atoms with Gasteiger partial charge >= 0.3 is 0 Å². The number of rotatable bonds is 3. The van der Waals surface area contributed by atoms with Gasteiger partial charge in [0.2, 0.25) is 5.91 Å². The molecule has 0 bridgehead atoms. The van der Waals surface area contributed by atoms with Gasteiger partial charge in [0.25, 0.3) is 0 Å². The zero-order chi connectivity index (χ0) is 9.19. The highest BCUT2D eigenvalue weighted by atomic mass is 32.2. The number of β-amino-alcohol motifs (C(OH)–C–C–N with tert-alkyl or cyclic N) is 1. The van der Waals surface area contributed by atoms with Gasteiger partial charge in [-0.25, -0.2) is 0 Å². The molecule has 1 rings (SSSR count). The lowest BCUT2D eigenvalue weighted by Crippen LogP contribution is -2.61. The molecule has 0 radical (unpaired) electrons. The van der Waals surface area contributed by atoms with Gasteiger partial charge in [0.15, 0.2) is 0 Å². The maximum atomic E-state index is 11.3. The van der Waals surface area contributed by atoms with E-state index in [1.807, 2.05) is 6.26 Å². The van der Waals surface area contributed by atoms with Crippen molar-refractivity contribution in [2.75, 3.05) is 25.1 Å². The molecule has 1 aliphatic rings. The molecule has 0 aromatic carbocycles. The lowest BCUT2D eigenvalue weighted by molar-refractivity contribution is -0.151. The molecule has 3 nitrogen and oxygen atoms in total. The van der Waals surface area contributed by atoms with Crippen LogP contribution in [0.25, 0.3) is 0 Å². The predicted molar refractivity (Wildman–Crippen MR) is 50.2 cm³/mol. The summed E-state index contributed by atoms with van der Waals surface area (Å²) in [7, 11) is 0. The third-order valence-electron chi connectivity index (χ3n) is 1.94. The molecule has 1 amide bonds. The van der Waals surface area contributed by atoms with Crippen LogP contribution in [0.2, 0.25) is 0 Å². The number of amides is 1. The summed E-state index contributed by atoms with van der Waals surface area (Å²) in [6.45, 7) is 2.76. The van der Waals surface area contributed by atoms with Crippen LogP contribution in [0.5, 0.6) is 0 Å². The lowest BCUT2D eigenvalue weighted by Gasteiger charge is -2.44. The van der Waals surface area contributed by atoms with Crippen LogP contribution >= 0.6 is 11.8 Å². The summed E-state index contributed by atoms with van der Waals surface area (Å²) in [5.41, 5.74) is -0.630. The molecule has 1 heterocycles. The van der Waals surface area contributed by atoms with E-state index < -0.39 is 5.60 Å². The van der Waals surface area contributed by atoms with Crippen LogP contribution in [-0.4, -0.2) is 46.6 Å². The lowest BCUT2D eigenvalue weighted by atomic mass is 9.97. The largest absolute Gasteiger partial charge is 0.386 e. The molecule has 12 heavy (non-hydrogen) atoms. The molecule has 70 valence electrons. The average molecular weight is 189 g/mol. The normalized spacial score (nSPS) is 20.4. The Kier molecular flexibility index (Phi) is 3.01. The van der Waals surface area contributed by atoms with Crippen LogP contribution < -0.4 is 0 Å². The maximum Gasteiger partial charge on any atom is 0.223 e. The first-order chi connectivity index (χ1) is 5.55. The molecule has 4 heteroatoms. The molecule has 1 aliphatic heterocycles. The predicted octanol–water partition coefficient (Wildman–Crippen LogP) is 0.333. The first kappa shape index (κ1) is 9.86. The van der Waals surface area contributed by atoms with Crippen molar-refractivity contribution in [1.82, 2.24) is 4.90 Å². The van der Waals surface area contributed by atoms with E-state index in [0.717, 1.165) is 5.75 Å². The van der Waals surface area contributed by atoms with Crippen molar-refractivity contribution in [2.45, 2.75) is 18.9 Å². The van der Waals surface area contributed by atoms with Crippen LogP contribution in [-0.2, 0) is 4.79 Å². The fourth-order valence-electron chi connectivity index (χ4n) is 1.30. The first-order valence-electron chi connectivity index (χ1n) is 4.04. The topological polar surface area (TPSA) is 40.5 Å². The third-order valence-corrected chi connectivity index (χ3v) is 2.55. The minimum atomic E-state index is -0.630. The van der Waals surface area contributed by atoms with Crippen molar-refractivity contribution in [2.24, 2.45) is 0 Å². The first-order valence-corrected chi connectivity index (χ1v) is 5.44. The van der Waals surface area contributed by atoms with Gasteiger partial charge in [-0.15, -0.1) is 0 Å². The zero-order valence-electron chi connectivity index (χ0n) is 7.54. The van der Waals surface area contributed by atoms with Gasteiger partial charge in [0.05, 0.1) is 18.7 Å². The number of nitrogens with zero attached hydrogens (tertiary/aromatic N) is 1. The maximum absolute atomic E-state index is 11.3. The van der Waals surface area contributed by atoms with Crippen LogP contribution in [0.15, 0.2) is 0 Å². The van der Waals surface area contributed by atoms with E-state index in [9.17, 15) is 9.90 Å². The minimum Gasteiger partial charge on any atom is -0.386 e. The highest BCUT2D eigenvalue weighted by molar-refractivity contribution is 7.98. The van der Waals surface area contributed by atoms with Crippen LogP contribution in [0.3, 0.4) is 0 Å². The number of hydrogen-bond donors (Lipinski definition) is 1. The van der Waals surface area contributed by atoms with E-state index >= 15 is 0 Å². The molecule has 0 atom stereocenters. The Bertz CT molecular complexity index is 174. The van der Waals surface area contributed by atoms with Crippen molar-refractivity contribution in [1.29, 1.82) is 0 Å². The Morgan fingerprint density at radius 1 is 1.67 bits per heavy atom. The minimum absolute atomic E-state index is 0.163. The Morgan fingerprint density at radius 3 is 2.67 bits per heavy atom. The van der Waals surface area contributed by atoms with Crippen molar-refractivity contribution >= 4 is 17.7 Å². The van der Waals surface area contributed by atoms with E-state index in [0.29, 0.717) is 19.5 Å². The summed E-state index contributed by atoms with van der Waals surface area (Å²) in [5.74, 6) is 1.04. The third kappa shape index (κ3) is 2.38. The Balaban J connectivity index is 2.19. The Labute approximate surface area is 77.1 Å². The standard InChI is InChI=1S/C8H15NO2S/c1-8(11)5-9(6-8)7(10)3-4-12-2/h11H,3-6H2,1-2H3. The smallest absolute Gasteiger partial charge is 0.223 e. The Hall–Kier alpha value is -0.220. The summed E-state index contributed by atoms with van der Waals surface area (Å²) in [6, 6.07) is 0. The fraction of sp³-hybridized carbons (Fsp3) is 0.875. The molecule has 0 saturated carbocycles. The van der Waals surface area contributed by atoms with Crippen LogP contribution in [0, 0.1) is 0 Å². The van der Waals surface area contributed by atoms with Crippen molar-refractivity contribution in [3.05, 3.63) is 0 Å². The van der Waals surface area contributed by atoms with Gasteiger partial charge in [-0.1, -0.05) is 0 Å². The van der Waals surface area contributed by atoms with Gasteiger partial charge in [0, 0.05) is 12.2 Å². The molecule has 1 saturated heterocycles.